The van der Waals surface area contributed by atoms with Crippen LogP contribution in [-0.4, -0.2) is 14.4 Å². The van der Waals surface area contributed by atoms with Gasteiger partial charge < -0.3 is 5.73 Å². The first kappa shape index (κ1) is 18.9. The number of imidazole rings is 1. The molecular formula is C25H24N4S. The summed E-state index contributed by atoms with van der Waals surface area (Å²) in [7, 11) is 0. The van der Waals surface area contributed by atoms with E-state index in [4.69, 9.17) is 10.7 Å². The van der Waals surface area contributed by atoms with Crippen LogP contribution in [0.1, 0.15) is 48.2 Å². The van der Waals surface area contributed by atoms with E-state index in [0.717, 1.165) is 38.8 Å². The molecule has 0 spiro atoms. The van der Waals surface area contributed by atoms with Crippen LogP contribution in [0.3, 0.4) is 0 Å². The molecule has 0 bridgehead atoms. The minimum absolute atomic E-state index is 0.668. The van der Waals surface area contributed by atoms with Gasteiger partial charge in [0.1, 0.15) is 11.5 Å². The summed E-state index contributed by atoms with van der Waals surface area (Å²) in [5, 5.41) is 0. The molecule has 0 radical (unpaired) electrons. The van der Waals surface area contributed by atoms with Gasteiger partial charge in [0.15, 0.2) is 5.65 Å². The van der Waals surface area contributed by atoms with Gasteiger partial charge in [-0.25, -0.2) is 4.98 Å². The summed E-state index contributed by atoms with van der Waals surface area (Å²) in [5.41, 5.74) is 10.3. The molecule has 1 aromatic carbocycles. The van der Waals surface area contributed by atoms with E-state index in [1.165, 1.54) is 32.1 Å². The lowest BCUT2D eigenvalue weighted by atomic mass is 9.86. The van der Waals surface area contributed by atoms with Gasteiger partial charge in [0.05, 0.1) is 15.4 Å². The molecule has 150 valence electrons. The Labute approximate surface area is 180 Å². The van der Waals surface area contributed by atoms with E-state index in [9.17, 15) is 0 Å². The van der Waals surface area contributed by atoms with Crippen LogP contribution in [0.25, 0.3) is 16.2 Å². The van der Waals surface area contributed by atoms with Crippen LogP contribution < -0.4 is 5.73 Å². The molecule has 1 saturated carbocycles. The Kier molecular flexibility index (Phi) is 5.25. The maximum atomic E-state index is 6.49. The molecule has 5 rings (SSSR count). The summed E-state index contributed by atoms with van der Waals surface area (Å²) in [6.45, 7) is 0. The summed E-state index contributed by atoms with van der Waals surface area (Å²) < 4.78 is 1.98. The Bertz CT molecular complexity index is 1220. The normalized spacial score (nSPS) is 14.5. The van der Waals surface area contributed by atoms with Crippen molar-refractivity contribution in [3.05, 3.63) is 71.0 Å². The Balaban J connectivity index is 1.45. The van der Waals surface area contributed by atoms with Crippen molar-refractivity contribution in [3.63, 3.8) is 0 Å². The first-order valence-corrected chi connectivity index (χ1v) is 11.4. The molecule has 0 aliphatic heterocycles. The number of benzene rings is 1. The summed E-state index contributed by atoms with van der Waals surface area (Å²) in [4.78, 5) is 11.6. The van der Waals surface area contributed by atoms with E-state index in [2.05, 4.69) is 22.9 Å². The van der Waals surface area contributed by atoms with Gasteiger partial charge >= 0.3 is 0 Å². The molecule has 1 aliphatic carbocycles. The number of aromatic nitrogens is 3. The van der Waals surface area contributed by atoms with Gasteiger partial charge in [-0.1, -0.05) is 62.1 Å². The molecule has 5 heteroatoms. The molecule has 2 N–H and O–H groups in total. The number of nitrogens with zero attached hydrogens (tertiary/aromatic N) is 3. The summed E-state index contributed by atoms with van der Waals surface area (Å²) >= 11 is 1.63. The molecule has 0 unspecified atom stereocenters. The van der Waals surface area contributed by atoms with Crippen molar-refractivity contribution in [2.75, 3.05) is 5.73 Å². The lowest BCUT2D eigenvalue weighted by Gasteiger charge is -2.21. The highest BCUT2D eigenvalue weighted by molar-refractivity contribution is 7.16. The second-order valence-corrected chi connectivity index (χ2v) is 8.99. The van der Waals surface area contributed by atoms with Crippen molar-refractivity contribution in [2.24, 2.45) is 5.92 Å². The highest BCUT2D eigenvalue weighted by atomic mass is 32.1. The third-order valence-corrected chi connectivity index (χ3v) is 6.81. The Morgan fingerprint density at radius 2 is 1.87 bits per heavy atom. The average Bonchev–Trinajstić information content (AvgIpc) is 3.39. The first-order chi connectivity index (χ1) is 14.8. The van der Waals surface area contributed by atoms with Crippen molar-refractivity contribution < 1.29 is 0 Å². The van der Waals surface area contributed by atoms with E-state index in [0.29, 0.717) is 11.7 Å². The maximum absolute atomic E-state index is 6.49. The van der Waals surface area contributed by atoms with E-state index >= 15 is 0 Å². The molecule has 4 nitrogen and oxygen atoms in total. The zero-order valence-electron chi connectivity index (χ0n) is 16.8. The van der Waals surface area contributed by atoms with Crippen molar-refractivity contribution in [2.45, 2.75) is 38.5 Å². The highest BCUT2D eigenvalue weighted by Gasteiger charge is 2.20. The molecule has 4 aromatic rings. The van der Waals surface area contributed by atoms with Crippen molar-refractivity contribution >= 4 is 22.8 Å². The molecule has 3 aromatic heterocycles. The standard InChI is InChI=1S/C25H24N4S/c26-24-23(22-14-13-20(30-22)12-11-18-7-3-1-4-8-18)28-25-21(27-15-16-29(24)25)17-19-9-5-2-6-10-19/h1,3-4,7-8,13-16,19H,2,5-6,9-10,17,26H2. The summed E-state index contributed by atoms with van der Waals surface area (Å²) in [6, 6.07) is 14.1. The van der Waals surface area contributed by atoms with Crippen LogP contribution >= 0.6 is 11.3 Å². The van der Waals surface area contributed by atoms with Crippen LogP contribution in [0.5, 0.6) is 0 Å². The van der Waals surface area contributed by atoms with Crippen molar-refractivity contribution in [1.82, 2.24) is 14.4 Å². The largest absolute Gasteiger partial charge is 0.383 e. The monoisotopic (exact) mass is 412 g/mol. The smallest absolute Gasteiger partial charge is 0.160 e. The number of hydrogen-bond donors (Lipinski definition) is 1. The van der Waals surface area contributed by atoms with Gasteiger partial charge in [0, 0.05) is 18.0 Å². The first-order valence-electron chi connectivity index (χ1n) is 10.6. The second kappa shape index (κ2) is 8.33. The minimum Gasteiger partial charge on any atom is -0.383 e. The topological polar surface area (TPSA) is 56.2 Å². The van der Waals surface area contributed by atoms with E-state index in [1.807, 2.05) is 53.2 Å². The molecule has 1 fully saturated rings. The molecule has 0 atom stereocenters. The van der Waals surface area contributed by atoms with Gasteiger partial charge in [-0.2, -0.15) is 0 Å². The van der Waals surface area contributed by atoms with Crippen LogP contribution in [0.4, 0.5) is 5.82 Å². The zero-order chi connectivity index (χ0) is 20.3. The average molecular weight is 413 g/mol. The minimum atomic E-state index is 0.668. The van der Waals surface area contributed by atoms with Crippen LogP contribution in [0.2, 0.25) is 0 Å². The number of thiophene rings is 1. The lowest BCUT2D eigenvalue weighted by molar-refractivity contribution is 0.354. The summed E-state index contributed by atoms with van der Waals surface area (Å²) in [5.74, 6) is 7.84. The predicted molar refractivity (Wildman–Crippen MR) is 123 cm³/mol. The number of fused-ring (bicyclic) bond motifs is 1. The number of rotatable bonds is 3. The van der Waals surface area contributed by atoms with Gasteiger partial charge in [0.2, 0.25) is 0 Å². The zero-order valence-corrected chi connectivity index (χ0v) is 17.7. The van der Waals surface area contributed by atoms with Gasteiger partial charge in [-0.3, -0.25) is 9.38 Å². The quantitative estimate of drug-likeness (QED) is 0.448. The summed E-state index contributed by atoms with van der Waals surface area (Å²) in [6.07, 6.45) is 11.4. The Morgan fingerprint density at radius 3 is 2.70 bits per heavy atom. The molecular weight excluding hydrogens is 388 g/mol. The van der Waals surface area contributed by atoms with Gasteiger partial charge in [0.25, 0.3) is 0 Å². The van der Waals surface area contributed by atoms with Crippen molar-refractivity contribution in [1.29, 1.82) is 0 Å². The van der Waals surface area contributed by atoms with Crippen LogP contribution in [0, 0.1) is 17.8 Å². The van der Waals surface area contributed by atoms with Crippen LogP contribution in [0.15, 0.2) is 54.9 Å². The number of nitrogen functional groups attached to an aromatic ring is 1. The number of hydrogen-bond acceptors (Lipinski definition) is 4. The van der Waals surface area contributed by atoms with E-state index in [1.54, 1.807) is 11.3 Å². The Morgan fingerprint density at radius 1 is 1.03 bits per heavy atom. The maximum Gasteiger partial charge on any atom is 0.160 e. The van der Waals surface area contributed by atoms with Gasteiger partial charge in [-0.05, 0) is 36.6 Å². The Hall–Kier alpha value is -3.10. The second-order valence-electron chi connectivity index (χ2n) is 7.90. The molecule has 3 heterocycles. The van der Waals surface area contributed by atoms with E-state index in [-0.39, 0.29) is 0 Å². The van der Waals surface area contributed by atoms with Crippen LogP contribution in [-0.2, 0) is 6.42 Å². The molecule has 0 saturated heterocycles. The highest BCUT2D eigenvalue weighted by Crippen LogP contribution is 2.34. The van der Waals surface area contributed by atoms with E-state index < -0.39 is 0 Å². The van der Waals surface area contributed by atoms with Gasteiger partial charge in [-0.15, -0.1) is 11.3 Å². The third-order valence-electron chi connectivity index (χ3n) is 5.80. The SMILES string of the molecule is Nc1c(-c2ccc(C#Cc3ccccc3)s2)nc2c(CC3CCCCC3)nccn12. The molecule has 30 heavy (non-hydrogen) atoms. The fourth-order valence-corrected chi connectivity index (χ4v) is 5.08. The number of nitrogens with two attached hydrogens (primary N) is 1. The van der Waals surface area contributed by atoms with Crippen molar-refractivity contribution in [3.8, 4) is 22.4 Å². The number of anilines is 1. The molecule has 0 amide bonds. The fraction of sp³-hybridized carbons (Fsp3) is 0.280. The molecule has 1 aliphatic rings. The lowest BCUT2D eigenvalue weighted by Crippen LogP contribution is -2.11. The fourth-order valence-electron chi connectivity index (χ4n) is 4.23. The third kappa shape index (κ3) is 3.83. The predicted octanol–water partition coefficient (Wildman–Crippen LogP) is 5.56.